The van der Waals surface area contributed by atoms with Crippen LogP contribution in [0.3, 0.4) is 0 Å². The fourth-order valence-corrected chi connectivity index (χ4v) is 1.54. The van der Waals surface area contributed by atoms with Crippen LogP contribution < -0.4 is 5.32 Å². The highest BCUT2D eigenvalue weighted by Gasteiger charge is 2.07. The maximum Gasteiger partial charge on any atom is 0.338 e. The number of carboxylic acids is 1. The Morgan fingerprint density at radius 1 is 1.41 bits per heavy atom. The lowest BCUT2D eigenvalue weighted by Crippen LogP contribution is -2.00. The highest BCUT2D eigenvalue weighted by Crippen LogP contribution is 2.15. The first-order valence-corrected chi connectivity index (χ1v) is 5.27. The number of anilines is 1. The van der Waals surface area contributed by atoms with Crippen LogP contribution in [-0.2, 0) is 6.54 Å². The van der Waals surface area contributed by atoms with Crippen molar-refractivity contribution in [2.45, 2.75) is 13.5 Å². The number of nitrogens with one attached hydrogen (secondary N) is 1. The largest absolute Gasteiger partial charge is 0.478 e. The molecule has 0 bridgehead atoms. The molecule has 0 spiro atoms. The molecule has 1 aromatic heterocycles. The van der Waals surface area contributed by atoms with Crippen LogP contribution in [0.4, 0.5) is 5.69 Å². The molecule has 1 aromatic carbocycles. The molecule has 4 nitrogen and oxygen atoms in total. The molecule has 0 saturated heterocycles. The zero-order valence-corrected chi connectivity index (χ0v) is 9.43. The Hall–Kier alpha value is -2.23. The second kappa shape index (κ2) is 4.74. The summed E-state index contributed by atoms with van der Waals surface area (Å²) in [4.78, 5) is 10.7. The van der Waals surface area contributed by atoms with E-state index in [1.54, 1.807) is 0 Å². The van der Waals surface area contributed by atoms with Gasteiger partial charge >= 0.3 is 5.97 Å². The van der Waals surface area contributed by atoms with Gasteiger partial charge in [0.05, 0.1) is 12.1 Å². The SMILES string of the molecule is Cc1ccccc1NCc1cc(C(=O)O)co1. The lowest BCUT2D eigenvalue weighted by Gasteiger charge is -2.06. The average Bonchev–Trinajstić information content (AvgIpc) is 2.77. The number of hydrogen-bond acceptors (Lipinski definition) is 3. The molecule has 17 heavy (non-hydrogen) atoms. The molecule has 0 unspecified atom stereocenters. The highest BCUT2D eigenvalue weighted by atomic mass is 16.4. The van der Waals surface area contributed by atoms with Gasteiger partial charge in [0.1, 0.15) is 12.0 Å². The lowest BCUT2D eigenvalue weighted by atomic mass is 10.2. The van der Waals surface area contributed by atoms with Crippen molar-refractivity contribution in [1.82, 2.24) is 0 Å². The van der Waals surface area contributed by atoms with Crippen LogP contribution in [0, 0.1) is 6.92 Å². The van der Waals surface area contributed by atoms with Crippen LogP contribution in [0.5, 0.6) is 0 Å². The number of furan rings is 1. The van der Waals surface area contributed by atoms with Gasteiger partial charge in [-0.15, -0.1) is 0 Å². The molecule has 0 aliphatic heterocycles. The van der Waals surface area contributed by atoms with Gasteiger partial charge in [-0.1, -0.05) is 18.2 Å². The first-order chi connectivity index (χ1) is 8.16. The molecule has 88 valence electrons. The number of carboxylic acid groups (broad SMARTS) is 1. The van der Waals surface area contributed by atoms with Gasteiger partial charge in [0.15, 0.2) is 0 Å². The zero-order valence-electron chi connectivity index (χ0n) is 9.43. The summed E-state index contributed by atoms with van der Waals surface area (Å²) in [5, 5.41) is 11.9. The predicted octanol–water partition coefficient (Wildman–Crippen LogP) is 2.90. The maximum absolute atomic E-state index is 10.7. The van der Waals surface area contributed by atoms with Crippen molar-refractivity contribution in [3.05, 3.63) is 53.5 Å². The number of rotatable bonds is 4. The summed E-state index contributed by atoms with van der Waals surface area (Å²) in [6.45, 7) is 2.48. The van der Waals surface area contributed by atoms with Crippen LogP contribution in [0.1, 0.15) is 21.7 Å². The van der Waals surface area contributed by atoms with Gasteiger partial charge in [-0.3, -0.25) is 0 Å². The van der Waals surface area contributed by atoms with Crippen molar-refractivity contribution in [2.75, 3.05) is 5.32 Å². The van der Waals surface area contributed by atoms with Crippen molar-refractivity contribution in [2.24, 2.45) is 0 Å². The third kappa shape index (κ3) is 2.66. The fraction of sp³-hybridized carbons (Fsp3) is 0.154. The number of carbonyl (C=O) groups is 1. The van der Waals surface area contributed by atoms with E-state index in [0.717, 1.165) is 11.3 Å². The molecule has 0 radical (unpaired) electrons. The molecular formula is C13H13NO3. The van der Waals surface area contributed by atoms with Gasteiger partial charge in [0, 0.05) is 5.69 Å². The van der Waals surface area contributed by atoms with E-state index in [-0.39, 0.29) is 5.56 Å². The molecule has 0 fully saturated rings. The Labute approximate surface area is 98.9 Å². The molecule has 2 rings (SSSR count). The number of hydrogen-bond donors (Lipinski definition) is 2. The Morgan fingerprint density at radius 3 is 2.82 bits per heavy atom. The van der Waals surface area contributed by atoms with Gasteiger partial charge < -0.3 is 14.8 Å². The van der Waals surface area contributed by atoms with Crippen molar-refractivity contribution in [1.29, 1.82) is 0 Å². The molecule has 2 N–H and O–H groups in total. The highest BCUT2D eigenvalue weighted by molar-refractivity contribution is 5.87. The smallest absolute Gasteiger partial charge is 0.338 e. The van der Waals surface area contributed by atoms with E-state index in [0.29, 0.717) is 12.3 Å². The number of benzene rings is 1. The first-order valence-electron chi connectivity index (χ1n) is 5.27. The summed E-state index contributed by atoms with van der Waals surface area (Å²) in [5.74, 6) is -0.374. The topological polar surface area (TPSA) is 62.5 Å². The Bertz CT molecular complexity index is 531. The molecule has 4 heteroatoms. The van der Waals surface area contributed by atoms with Gasteiger partial charge in [-0.2, -0.15) is 0 Å². The number of aryl methyl sites for hydroxylation is 1. The van der Waals surface area contributed by atoms with E-state index in [1.165, 1.54) is 12.3 Å². The third-order valence-electron chi connectivity index (χ3n) is 2.50. The fourth-order valence-electron chi connectivity index (χ4n) is 1.54. The quantitative estimate of drug-likeness (QED) is 0.849. The Kier molecular flexibility index (Phi) is 3.14. The Balaban J connectivity index is 2.02. The maximum atomic E-state index is 10.7. The van der Waals surface area contributed by atoms with Crippen molar-refractivity contribution in [3.63, 3.8) is 0 Å². The van der Waals surface area contributed by atoms with Crippen molar-refractivity contribution < 1.29 is 14.3 Å². The first kappa shape index (κ1) is 11.3. The van der Waals surface area contributed by atoms with Crippen LogP contribution in [-0.4, -0.2) is 11.1 Å². The van der Waals surface area contributed by atoms with Crippen molar-refractivity contribution >= 4 is 11.7 Å². The van der Waals surface area contributed by atoms with E-state index in [1.807, 2.05) is 31.2 Å². The summed E-state index contributed by atoms with van der Waals surface area (Å²) in [6, 6.07) is 9.41. The monoisotopic (exact) mass is 231 g/mol. The van der Waals surface area contributed by atoms with Gasteiger partial charge in [-0.05, 0) is 24.6 Å². The normalized spacial score (nSPS) is 10.2. The van der Waals surface area contributed by atoms with Gasteiger partial charge in [0.25, 0.3) is 0 Å². The van der Waals surface area contributed by atoms with Crippen LogP contribution in [0.2, 0.25) is 0 Å². The van der Waals surface area contributed by atoms with Gasteiger partial charge in [-0.25, -0.2) is 4.79 Å². The summed E-state index contributed by atoms with van der Waals surface area (Å²) >= 11 is 0. The average molecular weight is 231 g/mol. The standard InChI is InChI=1S/C13H13NO3/c1-9-4-2-3-5-12(9)14-7-11-6-10(8-17-11)13(15)16/h2-6,8,14H,7H2,1H3,(H,15,16). The molecule has 0 aliphatic rings. The molecule has 1 heterocycles. The summed E-state index contributed by atoms with van der Waals surface area (Å²) in [5.41, 5.74) is 2.32. The van der Waals surface area contributed by atoms with Gasteiger partial charge in [0.2, 0.25) is 0 Å². The molecular weight excluding hydrogens is 218 g/mol. The van der Waals surface area contributed by atoms with Crippen LogP contribution in [0.15, 0.2) is 41.0 Å². The van der Waals surface area contributed by atoms with E-state index in [2.05, 4.69) is 5.32 Å². The minimum atomic E-state index is -0.976. The van der Waals surface area contributed by atoms with E-state index in [9.17, 15) is 4.79 Å². The second-order valence-electron chi connectivity index (χ2n) is 3.78. The molecule has 0 amide bonds. The van der Waals surface area contributed by atoms with E-state index < -0.39 is 5.97 Å². The summed E-state index contributed by atoms with van der Waals surface area (Å²) in [7, 11) is 0. The molecule has 0 atom stereocenters. The van der Waals surface area contributed by atoms with Crippen LogP contribution >= 0.6 is 0 Å². The predicted molar refractivity (Wildman–Crippen MR) is 64.2 cm³/mol. The number of para-hydroxylation sites is 1. The second-order valence-corrected chi connectivity index (χ2v) is 3.78. The van der Waals surface area contributed by atoms with E-state index in [4.69, 9.17) is 9.52 Å². The summed E-state index contributed by atoms with van der Waals surface area (Å²) in [6.07, 6.45) is 1.25. The minimum absolute atomic E-state index is 0.173. The minimum Gasteiger partial charge on any atom is -0.478 e. The third-order valence-corrected chi connectivity index (χ3v) is 2.50. The molecule has 0 saturated carbocycles. The van der Waals surface area contributed by atoms with Crippen LogP contribution in [0.25, 0.3) is 0 Å². The summed E-state index contributed by atoms with van der Waals surface area (Å²) < 4.78 is 5.14. The zero-order chi connectivity index (χ0) is 12.3. The Morgan fingerprint density at radius 2 is 2.18 bits per heavy atom. The number of aromatic carboxylic acids is 1. The molecule has 0 aliphatic carbocycles. The van der Waals surface area contributed by atoms with Crippen molar-refractivity contribution in [3.8, 4) is 0 Å². The molecule has 2 aromatic rings. The van der Waals surface area contributed by atoms with E-state index >= 15 is 0 Å². The lowest BCUT2D eigenvalue weighted by molar-refractivity contribution is 0.0696.